The minimum Gasteiger partial charge on any atom is -0.350 e. The molecule has 0 radical (unpaired) electrons. The molecule has 1 aliphatic rings. The van der Waals surface area contributed by atoms with Gasteiger partial charge in [-0.15, -0.1) is 10.2 Å². The van der Waals surface area contributed by atoms with Crippen molar-refractivity contribution in [2.24, 2.45) is 0 Å². The number of hydrogen-bond acceptors (Lipinski definition) is 4. The van der Waals surface area contributed by atoms with Crippen LogP contribution < -0.4 is 10.2 Å². The molecule has 0 atom stereocenters. The van der Waals surface area contributed by atoms with Gasteiger partial charge in [-0.1, -0.05) is 24.3 Å². The van der Waals surface area contributed by atoms with E-state index in [9.17, 15) is 18.0 Å². The van der Waals surface area contributed by atoms with Crippen LogP contribution in [-0.2, 0) is 13.0 Å². The highest BCUT2D eigenvalue weighted by molar-refractivity contribution is 6.02. The summed E-state index contributed by atoms with van der Waals surface area (Å²) < 4.78 is 39.9. The number of carbonyl (C=O) groups is 1. The van der Waals surface area contributed by atoms with E-state index in [2.05, 4.69) is 27.6 Å². The molecule has 3 aromatic rings. The van der Waals surface area contributed by atoms with Crippen molar-refractivity contribution in [3.8, 4) is 0 Å². The summed E-state index contributed by atoms with van der Waals surface area (Å²) >= 11 is 0. The van der Waals surface area contributed by atoms with Crippen molar-refractivity contribution < 1.29 is 18.0 Å². The molecule has 5 nitrogen and oxygen atoms in total. The molecule has 2 heterocycles. The lowest BCUT2D eigenvalue weighted by Gasteiger charge is -2.29. The monoisotopic (exact) mass is 384 g/mol. The summed E-state index contributed by atoms with van der Waals surface area (Å²) in [6, 6.07) is 12.9. The highest BCUT2D eigenvalue weighted by atomic mass is 19.2. The molecule has 0 unspecified atom stereocenters. The fourth-order valence-electron chi connectivity index (χ4n) is 3.12. The van der Waals surface area contributed by atoms with E-state index in [4.69, 9.17) is 0 Å². The van der Waals surface area contributed by atoms with Crippen molar-refractivity contribution in [3.05, 3.63) is 82.8 Å². The average molecular weight is 384 g/mol. The Morgan fingerprint density at radius 1 is 0.929 bits per heavy atom. The molecule has 0 bridgehead atoms. The molecule has 0 aliphatic carbocycles. The van der Waals surface area contributed by atoms with Crippen LogP contribution in [0.5, 0.6) is 0 Å². The Labute approximate surface area is 158 Å². The maximum absolute atomic E-state index is 13.7. The normalized spacial score (nSPS) is 13.2. The zero-order valence-corrected chi connectivity index (χ0v) is 14.6. The Bertz CT molecular complexity index is 1040. The Hall–Kier alpha value is -3.42. The number of anilines is 2. The van der Waals surface area contributed by atoms with Crippen LogP contribution in [0.4, 0.5) is 24.7 Å². The molecular formula is C20H15F3N4O. The quantitative estimate of drug-likeness (QED) is 0.700. The number of carbonyl (C=O) groups excluding carboxylic acids is 1. The Kier molecular flexibility index (Phi) is 4.68. The molecule has 1 aromatic heterocycles. The minimum absolute atomic E-state index is 0.0645. The van der Waals surface area contributed by atoms with Gasteiger partial charge >= 0.3 is 0 Å². The van der Waals surface area contributed by atoms with Gasteiger partial charge in [-0.25, -0.2) is 13.2 Å². The van der Waals surface area contributed by atoms with Crippen molar-refractivity contribution in [1.29, 1.82) is 0 Å². The number of hydrogen-bond donors (Lipinski definition) is 1. The predicted octanol–water partition coefficient (Wildman–Crippen LogP) is 3.71. The Balaban J connectivity index is 1.48. The van der Waals surface area contributed by atoms with Crippen molar-refractivity contribution in [2.75, 3.05) is 16.8 Å². The summed E-state index contributed by atoms with van der Waals surface area (Å²) in [7, 11) is 0. The van der Waals surface area contributed by atoms with Crippen LogP contribution in [0.1, 0.15) is 21.6 Å². The number of halogens is 3. The van der Waals surface area contributed by atoms with E-state index in [-0.39, 0.29) is 5.69 Å². The van der Waals surface area contributed by atoms with Crippen LogP contribution in [0, 0.1) is 17.5 Å². The first-order valence-electron chi connectivity index (χ1n) is 8.63. The summed E-state index contributed by atoms with van der Waals surface area (Å²) in [6.07, 6.45) is 0.884. The van der Waals surface area contributed by atoms with Gasteiger partial charge in [0.05, 0.1) is 5.69 Å². The van der Waals surface area contributed by atoms with Gasteiger partial charge in [0.15, 0.2) is 29.0 Å². The fraction of sp³-hybridized carbons (Fsp3) is 0.150. The molecule has 142 valence electrons. The number of fused-ring (bicyclic) bond motifs is 1. The second-order valence-electron chi connectivity index (χ2n) is 6.39. The molecule has 8 heteroatoms. The fourth-order valence-corrected chi connectivity index (χ4v) is 3.12. The first-order chi connectivity index (χ1) is 13.5. The highest BCUT2D eigenvalue weighted by Gasteiger charge is 2.19. The molecule has 28 heavy (non-hydrogen) atoms. The van der Waals surface area contributed by atoms with E-state index in [1.807, 2.05) is 17.0 Å². The lowest BCUT2D eigenvalue weighted by atomic mass is 10.00. The molecule has 0 saturated carbocycles. The second-order valence-corrected chi connectivity index (χ2v) is 6.39. The third-order valence-corrected chi connectivity index (χ3v) is 4.62. The number of amides is 1. The summed E-state index contributed by atoms with van der Waals surface area (Å²) in [5.74, 6) is -4.60. The van der Waals surface area contributed by atoms with Gasteiger partial charge in [0, 0.05) is 13.1 Å². The van der Waals surface area contributed by atoms with Crippen LogP contribution in [0.3, 0.4) is 0 Å². The Morgan fingerprint density at radius 3 is 2.46 bits per heavy atom. The van der Waals surface area contributed by atoms with Gasteiger partial charge < -0.3 is 10.2 Å². The van der Waals surface area contributed by atoms with Crippen molar-refractivity contribution in [3.63, 3.8) is 0 Å². The van der Waals surface area contributed by atoms with Gasteiger partial charge in [-0.05, 0) is 41.8 Å². The van der Waals surface area contributed by atoms with Gasteiger partial charge in [0.2, 0.25) is 0 Å². The van der Waals surface area contributed by atoms with Gasteiger partial charge in [-0.3, -0.25) is 4.79 Å². The number of nitrogens with one attached hydrogen (secondary N) is 1. The van der Waals surface area contributed by atoms with Crippen molar-refractivity contribution >= 4 is 17.4 Å². The molecule has 0 saturated heterocycles. The molecular weight excluding hydrogens is 369 g/mol. The predicted molar refractivity (Wildman–Crippen MR) is 97.5 cm³/mol. The summed E-state index contributed by atoms with van der Waals surface area (Å²) in [6.45, 7) is 1.47. The van der Waals surface area contributed by atoms with Crippen LogP contribution in [0.15, 0.2) is 48.5 Å². The van der Waals surface area contributed by atoms with Crippen molar-refractivity contribution in [2.45, 2.75) is 13.0 Å². The molecule has 2 aromatic carbocycles. The zero-order valence-electron chi connectivity index (χ0n) is 14.6. The second kappa shape index (κ2) is 7.30. The summed E-state index contributed by atoms with van der Waals surface area (Å²) in [5, 5.41) is 10.1. The molecule has 0 spiro atoms. The largest absolute Gasteiger partial charge is 0.350 e. The Morgan fingerprint density at radius 2 is 1.71 bits per heavy atom. The summed E-state index contributed by atoms with van der Waals surface area (Å²) in [4.78, 5) is 14.3. The van der Waals surface area contributed by atoms with E-state index < -0.39 is 29.0 Å². The smallest absolute Gasteiger partial charge is 0.276 e. The van der Waals surface area contributed by atoms with Gasteiger partial charge in [-0.2, -0.15) is 0 Å². The van der Waals surface area contributed by atoms with Gasteiger partial charge in [0.1, 0.15) is 0 Å². The van der Waals surface area contributed by atoms with Crippen LogP contribution >= 0.6 is 0 Å². The highest BCUT2D eigenvalue weighted by Crippen LogP contribution is 2.23. The van der Waals surface area contributed by atoms with Crippen LogP contribution in [0.2, 0.25) is 0 Å². The minimum atomic E-state index is -1.65. The number of aromatic nitrogens is 2. The third kappa shape index (κ3) is 3.40. The SMILES string of the molecule is O=C(Nc1ccc(F)c(F)c1F)c1ccc(N2CCc3ccccc3C2)nn1. The van der Waals surface area contributed by atoms with E-state index in [1.165, 1.54) is 17.2 Å². The van der Waals surface area contributed by atoms with E-state index in [1.54, 1.807) is 6.07 Å². The third-order valence-electron chi connectivity index (χ3n) is 4.62. The number of benzene rings is 2. The molecule has 1 aliphatic heterocycles. The average Bonchev–Trinajstić information content (AvgIpc) is 2.74. The van der Waals surface area contributed by atoms with Crippen molar-refractivity contribution in [1.82, 2.24) is 10.2 Å². The molecule has 1 amide bonds. The molecule has 1 N–H and O–H groups in total. The first kappa shape index (κ1) is 18.0. The van der Waals surface area contributed by atoms with E-state index >= 15 is 0 Å². The topological polar surface area (TPSA) is 58.1 Å². The van der Waals surface area contributed by atoms with E-state index in [0.717, 1.165) is 25.1 Å². The zero-order chi connectivity index (χ0) is 19.7. The molecule has 0 fully saturated rings. The summed E-state index contributed by atoms with van der Waals surface area (Å²) in [5.41, 5.74) is 1.98. The van der Waals surface area contributed by atoms with Crippen LogP contribution in [-0.4, -0.2) is 22.6 Å². The van der Waals surface area contributed by atoms with Gasteiger partial charge in [0.25, 0.3) is 5.91 Å². The first-order valence-corrected chi connectivity index (χ1v) is 8.63. The standard InChI is InChI=1S/C20H15F3N4O/c21-14-5-6-15(19(23)18(14)22)24-20(28)16-7-8-17(26-25-16)27-10-9-12-3-1-2-4-13(12)11-27/h1-8H,9-11H2,(H,24,28). The maximum atomic E-state index is 13.7. The number of nitrogens with zero attached hydrogens (tertiary/aromatic N) is 3. The van der Waals surface area contributed by atoms with E-state index in [0.29, 0.717) is 12.4 Å². The van der Waals surface area contributed by atoms with Crippen LogP contribution in [0.25, 0.3) is 0 Å². The lowest BCUT2D eigenvalue weighted by molar-refractivity contribution is 0.102. The maximum Gasteiger partial charge on any atom is 0.276 e. The molecule has 4 rings (SSSR count). The lowest BCUT2D eigenvalue weighted by Crippen LogP contribution is -2.31. The number of rotatable bonds is 3.